The number of carbonyl (C=O) groups is 1. The van der Waals surface area contributed by atoms with Gasteiger partial charge in [0, 0.05) is 18.4 Å². The van der Waals surface area contributed by atoms with Gasteiger partial charge in [-0.1, -0.05) is 38.4 Å². The molecule has 0 saturated carbocycles. The molecule has 3 nitrogen and oxygen atoms in total. The van der Waals surface area contributed by atoms with Crippen molar-refractivity contribution in [1.29, 1.82) is 0 Å². The zero-order chi connectivity index (χ0) is 13.8. The van der Waals surface area contributed by atoms with E-state index in [1.807, 2.05) is 0 Å². The minimum atomic E-state index is -0.662. The number of unbranched alkanes of at least 4 members (excludes halogenated alkanes) is 2. The maximum Gasteiger partial charge on any atom is 0.333 e. The van der Waals surface area contributed by atoms with Crippen LogP contribution in [-0.2, 0) is 14.3 Å². The summed E-state index contributed by atoms with van der Waals surface area (Å²) in [7, 11) is -0.662. The summed E-state index contributed by atoms with van der Waals surface area (Å²) in [6.07, 6.45) is 4.34. The first-order chi connectivity index (χ1) is 8.61. The summed E-state index contributed by atoms with van der Waals surface area (Å²) < 4.78 is 10.6. The second kappa shape index (κ2) is 11.5. The average molecular weight is 272 g/mol. The van der Waals surface area contributed by atoms with Crippen molar-refractivity contribution < 1.29 is 14.3 Å². The van der Waals surface area contributed by atoms with Gasteiger partial charge in [-0.3, -0.25) is 0 Å². The van der Waals surface area contributed by atoms with Gasteiger partial charge in [-0.15, -0.1) is 0 Å². The maximum atomic E-state index is 11.1. The molecule has 0 aliphatic heterocycles. The molecule has 1 atom stereocenters. The quantitative estimate of drug-likeness (QED) is 0.251. The van der Waals surface area contributed by atoms with Crippen molar-refractivity contribution in [2.45, 2.75) is 52.1 Å². The number of esters is 1. The average Bonchev–Trinajstić information content (AvgIpc) is 2.36. The van der Waals surface area contributed by atoms with Crippen LogP contribution >= 0.6 is 0 Å². The fourth-order valence-electron chi connectivity index (χ4n) is 1.69. The van der Waals surface area contributed by atoms with Crippen molar-refractivity contribution in [3.8, 4) is 0 Å². The second-order valence-electron chi connectivity index (χ2n) is 4.70. The van der Waals surface area contributed by atoms with Gasteiger partial charge >= 0.3 is 5.97 Å². The summed E-state index contributed by atoms with van der Waals surface area (Å²) in [5.41, 5.74) is 0.477. The summed E-state index contributed by atoms with van der Waals surface area (Å²) in [4.78, 5) is 11.1. The summed E-state index contributed by atoms with van der Waals surface area (Å²) in [6.45, 7) is 10.9. The van der Waals surface area contributed by atoms with Gasteiger partial charge in [0.15, 0.2) is 0 Å². The lowest BCUT2D eigenvalue weighted by molar-refractivity contribution is -0.139. The smallest absolute Gasteiger partial charge is 0.333 e. The van der Waals surface area contributed by atoms with Crippen LogP contribution in [0, 0.1) is 0 Å². The van der Waals surface area contributed by atoms with E-state index in [0.29, 0.717) is 12.2 Å². The zero-order valence-electron chi connectivity index (χ0n) is 12.2. The van der Waals surface area contributed by atoms with Crippen molar-refractivity contribution in [2.24, 2.45) is 0 Å². The summed E-state index contributed by atoms with van der Waals surface area (Å²) in [5.74, 6) is -0.271. The largest absolute Gasteiger partial charge is 0.462 e. The minimum absolute atomic E-state index is 0.271. The number of ether oxygens (including phenoxy) is 2. The van der Waals surface area contributed by atoms with Crippen LogP contribution in [0.4, 0.5) is 0 Å². The highest BCUT2D eigenvalue weighted by Gasteiger charge is 2.08. The molecule has 0 saturated heterocycles. The topological polar surface area (TPSA) is 35.5 Å². The molecule has 0 N–H and O–H groups in total. The minimum Gasteiger partial charge on any atom is -0.462 e. The molecule has 0 aromatic carbocycles. The number of carbonyl (C=O) groups excluding carboxylic acids is 1. The SMILES string of the molecule is C=C(C)C(=O)OCCCCC[SiH](CC)COCC. The van der Waals surface area contributed by atoms with Crippen molar-refractivity contribution in [3.05, 3.63) is 12.2 Å². The van der Waals surface area contributed by atoms with Gasteiger partial charge in [-0.25, -0.2) is 4.79 Å². The lowest BCUT2D eigenvalue weighted by atomic mass is 10.3. The predicted molar refractivity (Wildman–Crippen MR) is 78.6 cm³/mol. The van der Waals surface area contributed by atoms with Crippen LogP contribution in [-0.4, -0.2) is 34.2 Å². The first kappa shape index (κ1) is 17.4. The van der Waals surface area contributed by atoms with Crippen molar-refractivity contribution in [3.63, 3.8) is 0 Å². The van der Waals surface area contributed by atoms with Crippen molar-refractivity contribution in [2.75, 3.05) is 19.4 Å². The summed E-state index contributed by atoms with van der Waals surface area (Å²) in [5, 5.41) is 0. The van der Waals surface area contributed by atoms with Gasteiger partial charge in [0.25, 0.3) is 0 Å². The van der Waals surface area contributed by atoms with E-state index in [9.17, 15) is 4.79 Å². The molecule has 0 rings (SSSR count). The Kier molecular flexibility index (Phi) is 11.1. The third kappa shape index (κ3) is 9.42. The molecule has 0 aliphatic carbocycles. The standard InChI is InChI=1S/C14H28O3Si/c1-5-16-12-18(6-2)11-9-7-8-10-17-14(15)13(3)4/h18H,3,5-12H2,1-2,4H3. The van der Waals surface area contributed by atoms with Gasteiger partial charge in [-0.05, 0) is 20.3 Å². The van der Waals surface area contributed by atoms with E-state index in [2.05, 4.69) is 20.4 Å². The number of rotatable bonds is 11. The Balaban J connectivity index is 3.43. The van der Waals surface area contributed by atoms with Gasteiger partial charge in [0.2, 0.25) is 0 Å². The van der Waals surface area contributed by atoms with Gasteiger partial charge in [-0.2, -0.15) is 0 Å². The van der Waals surface area contributed by atoms with Crippen molar-refractivity contribution in [1.82, 2.24) is 0 Å². The molecule has 106 valence electrons. The molecule has 0 amide bonds. The highest BCUT2D eigenvalue weighted by atomic mass is 28.3. The van der Waals surface area contributed by atoms with E-state index in [-0.39, 0.29) is 5.97 Å². The molecule has 0 bridgehead atoms. The molecule has 0 heterocycles. The molecule has 1 unspecified atom stereocenters. The van der Waals surface area contributed by atoms with Crippen molar-refractivity contribution >= 4 is 14.8 Å². The molecule has 0 aliphatic rings. The van der Waals surface area contributed by atoms with E-state index in [4.69, 9.17) is 9.47 Å². The molecule has 4 heteroatoms. The highest BCUT2D eigenvalue weighted by molar-refractivity contribution is 6.58. The van der Waals surface area contributed by atoms with Crippen LogP contribution in [0.1, 0.15) is 40.0 Å². The third-order valence-corrected chi connectivity index (χ3v) is 6.06. The molecule has 0 radical (unpaired) electrons. The van der Waals surface area contributed by atoms with Crippen LogP contribution in [0.5, 0.6) is 0 Å². The van der Waals surface area contributed by atoms with Crippen LogP contribution < -0.4 is 0 Å². The lowest BCUT2D eigenvalue weighted by Gasteiger charge is -2.12. The molecule has 0 aromatic heterocycles. The molecule has 18 heavy (non-hydrogen) atoms. The molecule has 0 spiro atoms. The Morgan fingerprint density at radius 2 is 1.94 bits per heavy atom. The summed E-state index contributed by atoms with van der Waals surface area (Å²) in [6, 6.07) is 2.65. The van der Waals surface area contributed by atoms with Crippen LogP contribution in [0.25, 0.3) is 0 Å². The fourth-order valence-corrected chi connectivity index (χ4v) is 3.94. The zero-order valence-corrected chi connectivity index (χ0v) is 13.3. The molecular weight excluding hydrogens is 244 g/mol. The van der Waals surface area contributed by atoms with Gasteiger partial charge in [0.05, 0.1) is 15.4 Å². The van der Waals surface area contributed by atoms with E-state index in [1.165, 1.54) is 18.5 Å². The predicted octanol–water partition coefficient (Wildman–Crippen LogP) is 3.10. The molecule has 0 aromatic rings. The normalized spacial score (nSPS) is 12.2. The second-order valence-corrected chi connectivity index (χ2v) is 8.16. The molecule has 0 fully saturated rings. The lowest BCUT2D eigenvalue weighted by Crippen LogP contribution is -2.19. The van der Waals surface area contributed by atoms with E-state index in [1.54, 1.807) is 6.92 Å². The summed E-state index contributed by atoms with van der Waals surface area (Å²) >= 11 is 0. The van der Waals surface area contributed by atoms with Crippen LogP contribution in [0.3, 0.4) is 0 Å². The monoisotopic (exact) mass is 272 g/mol. The Morgan fingerprint density at radius 3 is 2.50 bits per heavy atom. The van der Waals surface area contributed by atoms with E-state index < -0.39 is 8.80 Å². The Bertz CT molecular complexity index is 241. The van der Waals surface area contributed by atoms with Gasteiger partial charge in [0.1, 0.15) is 0 Å². The Hall–Kier alpha value is -0.613. The maximum absolute atomic E-state index is 11.1. The highest BCUT2D eigenvalue weighted by Crippen LogP contribution is 2.08. The Labute approximate surface area is 113 Å². The van der Waals surface area contributed by atoms with E-state index in [0.717, 1.165) is 25.7 Å². The third-order valence-electron chi connectivity index (χ3n) is 2.97. The van der Waals surface area contributed by atoms with E-state index >= 15 is 0 Å². The van der Waals surface area contributed by atoms with Crippen LogP contribution in [0.15, 0.2) is 12.2 Å². The first-order valence-electron chi connectivity index (χ1n) is 7.02. The van der Waals surface area contributed by atoms with Gasteiger partial charge < -0.3 is 9.47 Å². The number of hydrogen-bond acceptors (Lipinski definition) is 3. The fraction of sp³-hybridized carbons (Fsp3) is 0.786. The molecular formula is C14H28O3Si. The first-order valence-corrected chi connectivity index (χ1v) is 9.47. The Morgan fingerprint density at radius 1 is 1.22 bits per heavy atom. The number of hydrogen-bond donors (Lipinski definition) is 0. The van der Waals surface area contributed by atoms with Crippen LogP contribution in [0.2, 0.25) is 12.1 Å².